The fraction of sp³-hybridized carbons (Fsp3) is 0.261. The fourth-order valence-corrected chi connectivity index (χ4v) is 3.92. The van der Waals surface area contributed by atoms with Crippen LogP contribution in [-0.2, 0) is 9.59 Å². The molecule has 32 heavy (non-hydrogen) atoms. The van der Waals surface area contributed by atoms with Crippen LogP contribution < -0.4 is 14.8 Å². The van der Waals surface area contributed by atoms with Crippen molar-refractivity contribution in [2.75, 3.05) is 25.6 Å². The van der Waals surface area contributed by atoms with E-state index < -0.39 is 17.1 Å². The van der Waals surface area contributed by atoms with Crippen molar-refractivity contribution in [1.82, 2.24) is 4.90 Å². The second-order valence-electron chi connectivity index (χ2n) is 7.44. The third-order valence-corrected chi connectivity index (χ3v) is 5.80. The highest BCUT2D eigenvalue weighted by molar-refractivity contribution is 9.10. The highest BCUT2D eigenvalue weighted by atomic mass is 79.9. The maximum absolute atomic E-state index is 12.7. The molecule has 2 aromatic rings. The predicted octanol–water partition coefficient (Wildman–Crippen LogP) is 5.17. The molecule has 0 atom stereocenters. The van der Waals surface area contributed by atoms with Crippen LogP contribution in [0.25, 0.3) is 6.08 Å². The van der Waals surface area contributed by atoms with Gasteiger partial charge in [0.15, 0.2) is 11.5 Å². The van der Waals surface area contributed by atoms with Crippen LogP contribution >= 0.6 is 27.7 Å². The van der Waals surface area contributed by atoms with Crippen LogP contribution in [0.4, 0.5) is 10.5 Å². The average molecular weight is 519 g/mol. The number of ether oxygens (including phenoxy) is 2. The molecule has 0 radical (unpaired) electrons. The number of nitrogens with one attached hydrogen (secondary N) is 1. The van der Waals surface area contributed by atoms with Gasteiger partial charge in [-0.05, 0) is 65.7 Å². The summed E-state index contributed by atoms with van der Waals surface area (Å²) in [6, 6.07) is 12.3. The lowest BCUT2D eigenvalue weighted by Gasteiger charge is -2.13. The standard InChI is InChI=1S/C23H23BrN2O5S/c1-14(2)13-31-18-9-4-15(10-19(18)30-3)11-20-22(28)26(23(29)32-20)12-21(27)25-17-7-5-16(24)6-8-17/h4-11,14H,12-13H2,1-3H3,(H,25,27)/b20-11-. The third-order valence-electron chi connectivity index (χ3n) is 4.36. The lowest BCUT2D eigenvalue weighted by Crippen LogP contribution is -2.36. The summed E-state index contributed by atoms with van der Waals surface area (Å²) >= 11 is 4.12. The zero-order valence-corrected chi connectivity index (χ0v) is 20.3. The molecule has 1 aliphatic heterocycles. The van der Waals surface area contributed by atoms with E-state index in [1.807, 2.05) is 0 Å². The van der Waals surface area contributed by atoms with Gasteiger partial charge in [0.2, 0.25) is 5.91 Å². The summed E-state index contributed by atoms with van der Waals surface area (Å²) < 4.78 is 12.0. The third kappa shape index (κ3) is 6.14. The minimum absolute atomic E-state index is 0.240. The molecule has 168 valence electrons. The lowest BCUT2D eigenvalue weighted by molar-refractivity contribution is -0.127. The number of anilines is 1. The number of carbonyl (C=O) groups excluding carboxylic acids is 3. The van der Waals surface area contributed by atoms with Gasteiger partial charge in [0.1, 0.15) is 6.54 Å². The highest BCUT2D eigenvalue weighted by Crippen LogP contribution is 2.34. The van der Waals surface area contributed by atoms with Gasteiger partial charge < -0.3 is 14.8 Å². The summed E-state index contributed by atoms with van der Waals surface area (Å²) in [6.45, 7) is 4.30. The van der Waals surface area contributed by atoms with Crippen LogP contribution in [-0.4, -0.2) is 42.2 Å². The zero-order valence-electron chi connectivity index (χ0n) is 17.9. The molecule has 0 saturated carbocycles. The lowest BCUT2D eigenvalue weighted by atomic mass is 10.1. The molecule has 1 N–H and O–H groups in total. The second kappa shape index (κ2) is 10.7. The fourth-order valence-electron chi connectivity index (χ4n) is 2.81. The van der Waals surface area contributed by atoms with E-state index in [9.17, 15) is 14.4 Å². The van der Waals surface area contributed by atoms with Gasteiger partial charge in [0.05, 0.1) is 18.6 Å². The van der Waals surface area contributed by atoms with Crippen molar-refractivity contribution in [1.29, 1.82) is 0 Å². The summed E-state index contributed by atoms with van der Waals surface area (Å²) in [7, 11) is 1.54. The van der Waals surface area contributed by atoms with Crippen molar-refractivity contribution in [3.63, 3.8) is 0 Å². The van der Waals surface area contributed by atoms with Crippen LogP contribution in [0.1, 0.15) is 19.4 Å². The minimum atomic E-state index is -0.509. The molecule has 1 heterocycles. The van der Waals surface area contributed by atoms with E-state index in [0.717, 1.165) is 21.1 Å². The van der Waals surface area contributed by atoms with E-state index >= 15 is 0 Å². The van der Waals surface area contributed by atoms with Crippen molar-refractivity contribution in [3.05, 3.63) is 57.4 Å². The molecular weight excluding hydrogens is 496 g/mol. The molecule has 0 spiro atoms. The van der Waals surface area contributed by atoms with Crippen molar-refractivity contribution >= 4 is 56.5 Å². The Balaban J connectivity index is 1.69. The van der Waals surface area contributed by atoms with Crippen LogP contribution in [0.3, 0.4) is 0 Å². The van der Waals surface area contributed by atoms with E-state index in [4.69, 9.17) is 9.47 Å². The first-order chi connectivity index (χ1) is 15.3. The summed E-state index contributed by atoms with van der Waals surface area (Å²) in [4.78, 5) is 38.6. The van der Waals surface area contributed by atoms with E-state index in [1.165, 1.54) is 0 Å². The summed E-state index contributed by atoms with van der Waals surface area (Å²) in [5.41, 5.74) is 1.26. The van der Waals surface area contributed by atoms with Gasteiger partial charge in [-0.1, -0.05) is 35.8 Å². The predicted molar refractivity (Wildman–Crippen MR) is 129 cm³/mol. The van der Waals surface area contributed by atoms with Crippen LogP contribution in [0.5, 0.6) is 11.5 Å². The molecule has 3 rings (SSSR count). The number of rotatable bonds is 8. The van der Waals surface area contributed by atoms with E-state index in [2.05, 4.69) is 35.1 Å². The van der Waals surface area contributed by atoms with Crippen molar-refractivity contribution in [2.45, 2.75) is 13.8 Å². The Kier molecular flexibility index (Phi) is 7.98. The molecule has 0 bridgehead atoms. The maximum Gasteiger partial charge on any atom is 0.294 e. The number of halogens is 1. The van der Waals surface area contributed by atoms with Gasteiger partial charge >= 0.3 is 0 Å². The molecule has 9 heteroatoms. The Labute approximate surface area is 199 Å². The Morgan fingerprint density at radius 3 is 2.53 bits per heavy atom. The number of imide groups is 1. The Morgan fingerprint density at radius 2 is 1.88 bits per heavy atom. The number of thioether (sulfide) groups is 1. The summed E-state index contributed by atoms with van der Waals surface area (Å²) in [6.07, 6.45) is 1.60. The molecule has 0 aromatic heterocycles. The Bertz CT molecular complexity index is 1050. The smallest absolute Gasteiger partial charge is 0.294 e. The van der Waals surface area contributed by atoms with Gasteiger partial charge in [-0.25, -0.2) is 0 Å². The first-order valence-corrected chi connectivity index (χ1v) is 11.5. The zero-order chi connectivity index (χ0) is 23.3. The van der Waals surface area contributed by atoms with Crippen LogP contribution in [0.15, 0.2) is 51.8 Å². The monoisotopic (exact) mass is 518 g/mol. The SMILES string of the molecule is COc1cc(/C=C2\SC(=O)N(CC(=O)Nc3ccc(Br)cc3)C2=O)ccc1OCC(C)C. The minimum Gasteiger partial charge on any atom is -0.493 e. The van der Waals surface area contributed by atoms with Gasteiger partial charge in [0, 0.05) is 10.2 Å². The Hall–Kier alpha value is -2.78. The maximum atomic E-state index is 12.7. The van der Waals surface area contributed by atoms with E-state index in [1.54, 1.807) is 55.7 Å². The summed E-state index contributed by atoms with van der Waals surface area (Å²) in [5.74, 6) is 0.546. The number of hydrogen-bond acceptors (Lipinski definition) is 6. The van der Waals surface area contributed by atoms with Gasteiger partial charge in [-0.15, -0.1) is 0 Å². The number of methoxy groups -OCH3 is 1. The molecule has 1 fully saturated rings. The molecule has 2 aromatic carbocycles. The number of carbonyl (C=O) groups is 3. The highest BCUT2D eigenvalue weighted by Gasteiger charge is 2.36. The number of hydrogen-bond donors (Lipinski definition) is 1. The number of benzene rings is 2. The molecule has 7 nitrogen and oxygen atoms in total. The molecule has 3 amide bonds. The average Bonchev–Trinajstić information content (AvgIpc) is 3.01. The molecule has 1 aliphatic rings. The second-order valence-corrected chi connectivity index (χ2v) is 9.35. The first-order valence-electron chi connectivity index (χ1n) is 9.88. The number of amides is 3. The van der Waals surface area contributed by atoms with Crippen LogP contribution in [0.2, 0.25) is 0 Å². The number of nitrogens with zero attached hydrogens (tertiary/aromatic N) is 1. The normalized spacial score (nSPS) is 14.9. The topological polar surface area (TPSA) is 84.9 Å². The molecular formula is C23H23BrN2O5S. The molecule has 0 unspecified atom stereocenters. The molecule has 0 aliphatic carbocycles. The van der Waals surface area contributed by atoms with Crippen LogP contribution in [0, 0.1) is 5.92 Å². The van der Waals surface area contributed by atoms with Crippen molar-refractivity contribution in [2.24, 2.45) is 5.92 Å². The van der Waals surface area contributed by atoms with Gasteiger partial charge in [0.25, 0.3) is 11.1 Å². The van der Waals surface area contributed by atoms with Gasteiger partial charge in [-0.3, -0.25) is 19.3 Å². The van der Waals surface area contributed by atoms with Crippen molar-refractivity contribution in [3.8, 4) is 11.5 Å². The quantitative estimate of drug-likeness (QED) is 0.485. The first kappa shape index (κ1) is 23.9. The van der Waals surface area contributed by atoms with Gasteiger partial charge in [-0.2, -0.15) is 0 Å². The van der Waals surface area contributed by atoms with E-state index in [-0.39, 0.29) is 11.4 Å². The largest absolute Gasteiger partial charge is 0.493 e. The Morgan fingerprint density at radius 1 is 1.16 bits per heavy atom. The molecule has 1 saturated heterocycles. The van der Waals surface area contributed by atoms with Crippen molar-refractivity contribution < 1.29 is 23.9 Å². The van der Waals surface area contributed by atoms with E-state index in [0.29, 0.717) is 35.3 Å². The summed E-state index contributed by atoms with van der Waals surface area (Å²) in [5, 5.41) is 2.19.